The van der Waals surface area contributed by atoms with E-state index in [-0.39, 0.29) is 5.91 Å². The van der Waals surface area contributed by atoms with Crippen LogP contribution in [0.25, 0.3) is 0 Å². The predicted octanol–water partition coefficient (Wildman–Crippen LogP) is 1.71. The second-order valence-corrected chi connectivity index (χ2v) is 5.21. The van der Waals surface area contributed by atoms with E-state index in [2.05, 4.69) is 31.1 Å². The van der Waals surface area contributed by atoms with E-state index in [1.165, 1.54) is 0 Å². The third-order valence-electron chi connectivity index (χ3n) is 3.77. The van der Waals surface area contributed by atoms with E-state index < -0.39 is 5.54 Å². The molecule has 1 unspecified atom stereocenters. The van der Waals surface area contributed by atoms with Gasteiger partial charge in [-0.3, -0.25) is 10.1 Å². The van der Waals surface area contributed by atoms with Gasteiger partial charge in [0.05, 0.1) is 0 Å². The third-order valence-corrected chi connectivity index (χ3v) is 3.77. The molecule has 20 heavy (non-hydrogen) atoms. The molecular formula is C16H27N3O. The van der Waals surface area contributed by atoms with Crippen LogP contribution in [0.5, 0.6) is 0 Å². The molecular weight excluding hydrogens is 250 g/mol. The van der Waals surface area contributed by atoms with Gasteiger partial charge in [-0.25, -0.2) is 0 Å². The Bertz CT molecular complexity index is 407. The van der Waals surface area contributed by atoms with Crippen molar-refractivity contribution in [2.45, 2.75) is 32.2 Å². The van der Waals surface area contributed by atoms with Gasteiger partial charge in [-0.05, 0) is 38.5 Å². The molecule has 0 saturated carbocycles. The minimum atomic E-state index is -0.777. The lowest BCUT2D eigenvalue weighted by atomic mass is 9.85. The van der Waals surface area contributed by atoms with Crippen molar-refractivity contribution in [3.63, 3.8) is 0 Å². The monoisotopic (exact) mass is 277 g/mol. The molecule has 0 saturated heterocycles. The molecule has 0 aliphatic carbocycles. The second-order valence-electron chi connectivity index (χ2n) is 5.21. The highest BCUT2D eigenvalue weighted by Crippen LogP contribution is 2.25. The summed E-state index contributed by atoms with van der Waals surface area (Å²) < 4.78 is 0. The van der Waals surface area contributed by atoms with Crippen molar-refractivity contribution in [2.75, 3.05) is 26.7 Å². The lowest BCUT2D eigenvalue weighted by molar-refractivity contribution is -0.125. The number of benzene rings is 1. The van der Waals surface area contributed by atoms with Crippen LogP contribution >= 0.6 is 0 Å². The summed E-state index contributed by atoms with van der Waals surface area (Å²) in [6, 6.07) is 9.79. The van der Waals surface area contributed by atoms with Crippen molar-refractivity contribution < 1.29 is 4.79 Å². The maximum Gasteiger partial charge on any atom is 0.242 e. The SMILES string of the molecule is CCCNC(CCN(C)CC)(C(N)=O)c1ccccc1. The van der Waals surface area contributed by atoms with Crippen LogP contribution in [0.1, 0.15) is 32.3 Å². The molecule has 112 valence electrons. The first-order chi connectivity index (χ1) is 9.56. The molecule has 0 fully saturated rings. The van der Waals surface area contributed by atoms with Gasteiger partial charge < -0.3 is 10.6 Å². The second kappa shape index (κ2) is 8.02. The van der Waals surface area contributed by atoms with Crippen LogP contribution in [0.4, 0.5) is 0 Å². The summed E-state index contributed by atoms with van der Waals surface area (Å²) in [7, 11) is 2.05. The van der Waals surface area contributed by atoms with Gasteiger partial charge in [0.25, 0.3) is 0 Å². The molecule has 4 nitrogen and oxygen atoms in total. The standard InChI is InChI=1S/C16H27N3O/c1-4-12-18-16(15(17)20,11-13-19(3)5-2)14-9-7-6-8-10-14/h6-10,18H,4-5,11-13H2,1-3H3,(H2,17,20). The van der Waals surface area contributed by atoms with Gasteiger partial charge in [-0.2, -0.15) is 0 Å². The van der Waals surface area contributed by atoms with E-state index in [0.717, 1.165) is 31.6 Å². The van der Waals surface area contributed by atoms with Gasteiger partial charge in [0.15, 0.2) is 0 Å². The normalized spacial score (nSPS) is 14.2. The van der Waals surface area contributed by atoms with E-state index in [1.807, 2.05) is 30.3 Å². The number of primary amides is 1. The number of nitrogens with one attached hydrogen (secondary N) is 1. The smallest absolute Gasteiger partial charge is 0.242 e. The first-order valence-electron chi connectivity index (χ1n) is 7.35. The van der Waals surface area contributed by atoms with E-state index >= 15 is 0 Å². The summed E-state index contributed by atoms with van der Waals surface area (Å²) in [5, 5.41) is 3.38. The number of carbonyl (C=O) groups excluding carboxylic acids is 1. The average molecular weight is 277 g/mol. The van der Waals surface area contributed by atoms with Gasteiger partial charge in [0.2, 0.25) is 5.91 Å². The quantitative estimate of drug-likeness (QED) is 0.722. The van der Waals surface area contributed by atoms with Crippen molar-refractivity contribution in [3.05, 3.63) is 35.9 Å². The Labute approximate surface area is 122 Å². The van der Waals surface area contributed by atoms with Gasteiger partial charge in [0.1, 0.15) is 5.54 Å². The Morgan fingerprint density at radius 2 is 1.95 bits per heavy atom. The Hall–Kier alpha value is -1.39. The fraction of sp³-hybridized carbons (Fsp3) is 0.562. The van der Waals surface area contributed by atoms with Crippen LogP contribution < -0.4 is 11.1 Å². The molecule has 3 N–H and O–H groups in total. The van der Waals surface area contributed by atoms with Crippen molar-refractivity contribution >= 4 is 5.91 Å². The van der Waals surface area contributed by atoms with Gasteiger partial charge in [-0.15, -0.1) is 0 Å². The number of hydrogen-bond acceptors (Lipinski definition) is 3. The van der Waals surface area contributed by atoms with Crippen LogP contribution in [0.3, 0.4) is 0 Å². The molecule has 1 aromatic carbocycles. The van der Waals surface area contributed by atoms with Crippen LogP contribution in [-0.2, 0) is 10.3 Å². The van der Waals surface area contributed by atoms with Crippen molar-refractivity contribution in [2.24, 2.45) is 5.73 Å². The molecule has 1 amide bonds. The molecule has 0 heterocycles. The van der Waals surface area contributed by atoms with Crippen molar-refractivity contribution in [1.29, 1.82) is 0 Å². The molecule has 1 rings (SSSR count). The maximum atomic E-state index is 12.2. The zero-order chi connectivity index (χ0) is 15.0. The van der Waals surface area contributed by atoms with Crippen LogP contribution in [0, 0.1) is 0 Å². The minimum absolute atomic E-state index is 0.304. The molecule has 0 bridgehead atoms. The number of carbonyl (C=O) groups is 1. The van der Waals surface area contributed by atoms with Crippen LogP contribution in [-0.4, -0.2) is 37.5 Å². The van der Waals surface area contributed by atoms with E-state index in [1.54, 1.807) is 0 Å². The molecule has 0 aliphatic heterocycles. The lowest BCUT2D eigenvalue weighted by Crippen LogP contribution is -2.54. The maximum absolute atomic E-state index is 12.2. The number of hydrogen-bond donors (Lipinski definition) is 2. The Balaban J connectivity index is 3.04. The summed E-state index contributed by atoms with van der Waals surface area (Å²) >= 11 is 0. The number of rotatable bonds is 9. The topological polar surface area (TPSA) is 58.4 Å². The minimum Gasteiger partial charge on any atom is -0.368 e. The Morgan fingerprint density at radius 3 is 2.45 bits per heavy atom. The van der Waals surface area contributed by atoms with Gasteiger partial charge in [0, 0.05) is 6.54 Å². The highest BCUT2D eigenvalue weighted by Gasteiger charge is 2.37. The summed E-state index contributed by atoms with van der Waals surface area (Å²) in [6.45, 7) is 6.74. The summed E-state index contributed by atoms with van der Waals surface area (Å²) in [5.74, 6) is -0.304. The number of nitrogens with zero attached hydrogens (tertiary/aromatic N) is 1. The van der Waals surface area contributed by atoms with Gasteiger partial charge >= 0.3 is 0 Å². The zero-order valence-electron chi connectivity index (χ0n) is 12.9. The molecule has 0 aromatic heterocycles. The molecule has 0 aliphatic rings. The van der Waals surface area contributed by atoms with Crippen LogP contribution in [0.2, 0.25) is 0 Å². The molecule has 4 heteroatoms. The summed E-state index contributed by atoms with van der Waals surface area (Å²) in [6.07, 6.45) is 1.64. The summed E-state index contributed by atoms with van der Waals surface area (Å²) in [5.41, 5.74) is 5.92. The molecule has 0 radical (unpaired) electrons. The first-order valence-corrected chi connectivity index (χ1v) is 7.35. The third kappa shape index (κ3) is 4.05. The Kier molecular flexibility index (Phi) is 6.68. The van der Waals surface area contributed by atoms with Crippen molar-refractivity contribution in [1.82, 2.24) is 10.2 Å². The van der Waals surface area contributed by atoms with E-state index in [9.17, 15) is 4.79 Å². The summed E-state index contributed by atoms with van der Waals surface area (Å²) in [4.78, 5) is 14.4. The molecule has 0 spiro atoms. The Morgan fingerprint density at radius 1 is 1.30 bits per heavy atom. The molecule has 1 aromatic rings. The fourth-order valence-corrected chi connectivity index (χ4v) is 2.27. The highest BCUT2D eigenvalue weighted by atomic mass is 16.1. The van der Waals surface area contributed by atoms with E-state index in [0.29, 0.717) is 6.42 Å². The average Bonchev–Trinajstić information content (AvgIpc) is 2.48. The van der Waals surface area contributed by atoms with E-state index in [4.69, 9.17) is 5.73 Å². The van der Waals surface area contributed by atoms with Gasteiger partial charge in [-0.1, -0.05) is 44.2 Å². The zero-order valence-corrected chi connectivity index (χ0v) is 12.9. The lowest BCUT2D eigenvalue weighted by Gasteiger charge is -2.34. The molecule has 1 atom stereocenters. The van der Waals surface area contributed by atoms with Crippen molar-refractivity contribution in [3.8, 4) is 0 Å². The predicted molar refractivity (Wildman–Crippen MR) is 83.4 cm³/mol. The number of nitrogens with two attached hydrogens (primary N) is 1. The first kappa shape index (κ1) is 16.7. The fourth-order valence-electron chi connectivity index (χ4n) is 2.27. The van der Waals surface area contributed by atoms with Crippen LogP contribution in [0.15, 0.2) is 30.3 Å². The number of amides is 1. The largest absolute Gasteiger partial charge is 0.368 e. The highest BCUT2D eigenvalue weighted by molar-refractivity contribution is 5.86.